The highest BCUT2D eigenvalue weighted by atomic mass is 19.4. The molecule has 2 aromatic rings. The molecule has 1 aromatic heterocycles. The van der Waals surface area contributed by atoms with Crippen LogP contribution in [0, 0.1) is 18.2 Å². The van der Waals surface area contributed by atoms with Crippen LogP contribution in [-0.2, 0) is 17.8 Å². The van der Waals surface area contributed by atoms with Gasteiger partial charge in [-0.05, 0) is 31.2 Å². The van der Waals surface area contributed by atoms with Gasteiger partial charge < -0.3 is 15.0 Å². The minimum atomic E-state index is -4.88. The molecule has 0 aliphatic carbocycles. The van der Waals surface area contributed by atoms with Gasteiger partial charge in [-0.25, -0.2) is 14.4 Å². The molecule has 3 rings (SSSR count). The Morgan fingerprint density at radius 2 is 1.94 bits per heavy atom. The van der Waals surface area contributed by atoms with Gasteiger partial charge in [0.05, 0.1) is 11.4 Å². The summed E-state index contributed by atoms with van der Waals surface area (Å²) in [7, 11) is 0. The standard InChI is InChI=1S/C22H26F4N4O2/c1-13-19(29-18(31)11-21(2,3)4)28-17-6-5-9-30(20(17)27-13)12-14-7-8-15(10-16(14)23)32-22(24,25)26/h7-8,10H,5-6,9,11-12H2,1-4H3,(H,28,29,31). The number of nitrogens with zero attached hydrogens (tertiary/aromatic N) is 3. The molecule has 0 spiro atoms. The summed E-state index contributed by atoms with van der Waals surface area (Å²) < 4.78 is 55.2. The van der Waals surface area contributed by atoms with Crippen molar-refractivity contribution in [1.82, 2.24) is 9.97 Å². The second-order valence-corrected chi connectivity index (χ2v) is 9.04. The van der Waals surface area contributed by atoms with Crippen LogP contribution in [0.1, 0.15) is 50.6 Å². The van der Waals surface area contributed by atoms with E-state index in [1.807, 2.05) is 25.7 Å². The number of amides is 1. The Morgan fingerprint density at radius 1 is 1.22 bits per heavy atom. The number of carbonyl (C=O) groups excluding carboxylic acids is 1. The molecule has 6 nitrogen and oxygen atoms in total. The predicted molar refractivity (Wildman–Crippen MR) is 112 cm³/mol. The SMILES string of the molecule is Cc1nc2c(nc1NC(=O)CC(C)(C)C)CCCN2Cc1ccc(OC(F)(F)F)cc1F. The molecule has 174 valence electrons. The number of anilines is 2. The van der Waals surface area contributed by atoms with Gasteiger partial charge >= 0.3 is 6.36 Å². The number of nitrogens with one attached hydrogen (secondary N) is 1. The van der Waals surface area contributed by atoms with E-state index in [0.29, 0.717) is 42.4 Å². The van der Waals surface area contributed by atoms with Crippen molar-refractivity contribution in [3.8, 4) is 5.75 Å². The average Bonchev–Trinajstić information content (AvgIpc) is 2.62. The first-order chi connectivity index (χ1) is 14.8. The normalized spacial score (nSPS) is 14.2. The molecule has 32 heavy (non-hydrogen) atoms. The second-order valence-electron chi connectivity index (χ2n) is 9.04. The summed E-state index contributed by atoms with van der Waals surface area (Å²) in [4.78, 5) is 23.3. The number of halogens is 4. The van der Waals surface area contributed by atoms with Crippen LogP contribution in [0.25, 0.3) is 0 Å². The summed E-state index contributed by atoms with van der Waals surface area (Å²) in [5, 5.41) is 2.82. The second kappa shape index (κ2) is 8.91. The molecule has 0 radical (unpaired) electrons. The molecule has 1 amide bonds. The highest BCUT2D eigenvalue weighted by Crippen LogP contribution is 2.30. The van der Waals surface area contributed by atoms with Crippen LogP contribution in [0.2, 0.25) is 0 Å². The maximum absolute atomic E-state index is 14.4. The van der Waals surface area contributed by atoms with E-state index in [1.54, 1.807) is 6.92 Å². The van der Waals surface area contributed by atoms with Crippen LogP contribution in [0.5, 0.6) is 5.75 Å². The van der Waals surface area contributed by atoms with E-state index in [-0.39, 0.29) is 23.4 Å². The molecule has 1 aromatic carbocycles. The van der Waals surface area contributed by atoms with Crippen molar-refractivity contribution in [2.24, 2.45) is 5.41 Å². The molecule has 1 aliphatic heterocycles. The molecular formula is C22H26F4N4O2. The van der Waals surface area contributed by atoms with Crippen LogP contribution < -0.4 is 15.0 Å². The molecule has 2 heterocycles. The third kappa shape index (κ3) is 6.30. The average molecular weight is 454 g/mol. The van der Waals surface area contributed by atoms with Crippen LogP contribution in [0.4, 0.5) is 29.2 Å². The van der Waals surface area contributed by atoms with Gasteiger partial charge in [0, 0.05) is 31.1 Å². The lowest BCUT2D eigenvalue weighted by Crippen LogP contribution is -2.31. The molecule has 0 saturated heterocycles. The summed E-state index contributed by atoms with van der Waals surface area (Å²) in [5.41, 5.74) is 1.27. The number of alkyl halides is 3. The first-order valence-corrected chi connectivity index (χ1v) is 10.3. The number of carbonyl (C=O) groups is 1. The third-order valence-electron chi connectivity index (χ3n) is 4.83. The molecule has 0 fully saturated rings. The number of hydrogen-bond donors (Lipinski definition) is 1. The first-order valence-electron chi connectivity index (χ1n) is 10.3. The minimum Gasteiger partial charge on any atom is -0.406 e. The number of fused-ring (bicyclic) bond motifs is 1. The predicted octanol–water partition coefficient (Wildman–Crippen LogP) is 5.15. The Balaban J connectivity index is 1.78. The molecule has 1 N–H and O–H groups in total. The third-order valence-corrected chi connectivity index (χ3v) is 4.83. The Kier molecular flexibility index (Phi) is 6.61. The zero-order valence-corrected chi connectivity index (χ0v) is 18.4. The summed E-state index contributed by atoms with van der Waals surface area (Å²) in [6.45, 7) is 8.35. The van der Waals surface area contributed by atoms with Gasteiger partial charge in [-0.15, -0.1) is 13.2 Å². The van der Waals surface area contributed by atoms with Crippen molar-refractivity contribution >= 4 is 17.5 Å². The number of ether oxygens (including phenoxy) is 1. The largest absolute Gasteiger partial charge is 0.573 e. The van der Waals surface area contributed by atoms with E-state index in [0.717, 1.165) is 18.6 Å². The lowest BCUT2D eigenvalue weighted by Gasteiger charge is -2.30. The molecule has 0 unspecified atom stereocenters. The summed E-state index contributed by atoms with van der Waals surface area (Å²) in [6, 6.07) is 3.08. The topological polar surface area (TPSA) is 67.4 Å². The summed E-state index contributed by atoms with van der Waals surface area (Å²) in [5.74, 6) is -0.568. The summed E-state index contributed by atoms with van der Waals surface area (Å²) in [6.07, 6.45) is -3.14. The Labute approximate surface area is 184 Å². The van der Waals surface area contributed by atoms with Gasteiger partial charge in [0.15, 0.2) is 11.6 Å². The zero-order valence-electron chi connectivity index (χ0n) is 18.4. The van der Waals surface area contributed by atoms with E-state index >= 15 is 0 Å². The minimum absolute atomic E-state index is 0.120. The van der Waals surface area contributed by atoms with E-state index < -0.39 is 17.9 Å². The van der Waals surface area contributed by atoms with Crippen molar-refractivity contribution in [1.29, 1.82) is 0 Å². The first kappa shape index (κ1) is 23.7. The number of rotatable bonds is 5. The van der Waals surface area contributed by atoms with Gasteiger partial charge in [-0.2, -0.15) is 0 Å². The van der Waals surface area contributed by atoms with Crippen molar-refractivity contribution < 1.29 is 27.1 Å². The van der Waals surface area contributed by atoms with Crippen LogP contribution >= 0.6 is 0 Å². The van der Waals surface area contributed by atoms with Gasteiger partial charge in [-0.3, -0.25) is 4.79 Å². The van der Waals surface area contributed by atoms with Crippen LogP contribution in [0.15, 0.2) is 18.2 Å². The fourth-order valence-electron chi connectivity index (χ4n) is 3.50. The van der Waals surface area contributed by atoms with E-state index in [9.17, 15) is 22.4 Å². The highest BCUT2D eigenvalue weighted by molar-refractivity contribution is 5.90. The maximum atomic E-state index is 14.4. The van der Waals surface area contributed by atoms with Crippen molar-refractivity contribution in [2.45, 2.75) is 59.9 Å². The number of aryl methyl sites for hydroxylation is 2. The fraction of sp³-hybridized carbons (Fsp3) is 0.500. The zero-order chi connectivity index (χ0) is 23.7. The molecule has 10 heteroatoms. The van der Waals surface area contributed by atoms with Gasteiger partial charge in [-0.1, -0.05) is 26.8 Å². The lowest BCUT2D eigenvalue weighted by atomic mass is 9.92. The van der Waals surface area contributed by atoms with E-state index in [2.05, 4.69) is 20.0 Å². The molecule has 1 aliphatic rings. The van der Waals surface area contributed by atoms with Crippen molar-refractivity contribution in [3.05, 3.63) is 41.0 Å². The van der Waals surface area contributed by atoms with Gasteiger partial charge in [0.25, 0.3) is 0 Å². The van der Waals surface area contributed by atoms with Gasteiger partial charge in [0.2, 0.25) is 5.91 Å². The Bertz CT molecular complexity index is 1000. The Morgan fingerprint density at radius 3 is 2.56 bits per heavy atom. The number of aromatic nitrogens is 2. The van der Waals surface area contributed by atoms with Crippen molar-refractivity contribution in [2.75, 3.05) is 16.8 Å². The van der Waals surface area contributed by atoms with E-state index in [1.165, 1.54) is 6.07 Å². The monoisotopic (exact) mass is 454 g/mol. The molecular weight excluding hydrogens is 428 g/mol. The highest BCUT2D eigenvalue weighted by Gasteiger charge is 2.31. The maximum Gasteiger partial charge on any atom is 0.573 e. The lowest BCUT2D eigenvalue weighted by molar-refractivity contribution is -0.274. The molecule has 0 atom stereocenters. The smallest absolute Gasteiger partial charge is 0.406 e. The van der Waals surface area contributed by atoms with Crippen molar-refractivity contribution in [3.63, 3.8) is 0 Å². The Hall–Kier alpha value is -2.91. The molecule has 0 bridgehead atoms. The van der Waals surface area contributed by atoms with Crippen LogP contribution in [-0.4, -0.2) is 28.8 Å². The molecule has 0 saturated carbocycles. The number of benzene rings is 1. The fourth-order valence-corrected chi connectivity index (χ4v) is 3.50. The number of hydrogen-bond acceptors (Lipinski definition) is 5. The summed E-state index contributed by atoms with van der Waals surface area (Å²) >= 11 is 0. The quantitative estimate of drug-likeness (QED) is 0.633. The van der Waals surface area contributed by atoms with Crippen LogP contribution in [0.3, 0.4) is 0 Å². The van der Waals surface area contributed by atoms with Gasteiger partial charge in [0.1, 0.15) is 11.6 Å². The van der Waals surface area contributed by atoms with E-state index in [4.69, 9.17) is 0 Å².